The van der Waals surface area contributed by atoms with Gasteiger partial charge in [-0.15, -0.1) is 11.3 Å². The van der Waals surface area contributed by atoms with E-state index < -0.39 is 22.4 Å². The van der Waals surface area contributed by atoms with Crippen molar-refractivity contribution in [3.05, 3.63) is 53.9 Å². The largest absolute Gasteiger partial charge is 0.506 e. The molecule has 0 atom stereocenters. The second kappa shape index (κ2) is 9.51. The first-order chi connectivity index (χ1) is 14.1. The Labute approximate surface area is 183 Å². The predicted octanol–water partition coefficient (Wildman–Crippen LogP) is 4.46. The van der Waals surface area contributed by atoms with Gasteiger partial charge >= 0.3 is 5.97 Å². The standard InChI is InChI=1S/C19H16BrN3O6S/c1-4-29-19(26)15-9(2)10(3)30-18(15)22-17(25)12(8-21)5-11-6-13(23(27)28)7-14(20)16(11)24/h5-7,24H,4H2,1-3H3,(H,22,25)/b12-5+. The number of nitrogens with one attached hydrogen (secondary N) is 1. The molecule has 1 amide bonds. The van der Waals surface area contributed by atoms with Gasteiger partial charge in [0.15, 0.2) is 0 Å². The van der Waals surface area contributed by atoms with Gasteiger partial charge in [-0.3, -0.25) is 14.9 Å². The summed E-state index contributed by atoms with van der Waals surface area (Å²) >= 11 is 4.16. The van der Waals surface area contributed by atoms with E-state index in [1.54, 1.807) is 26.8 Å². The maximum Gasteiger partial charge on any atom is 0.341 e. The van der Waals surface area contributed by atoms with Gasteiger partial charge in [-0.1, -0.05) is 0 Å². The lowest BCUT2D eigenvalue weighted by Crippen LogP contribution is -2.16. The van der Waals surface area contributed by atoms with Crippen molar-refractivity contribution in [2.24, 2.45) is 0 Å². The molecule has 30 heavy (non-hydrogen) atoms. The minimum atomic E-state index is -0.841. The van der Waals surface area contributed by atoms with Crippen LogP contribution in [0, 0.1) is 35.3 Å². The molecule has 0 unspecified atom stereocenters. The van der Waals surface area contributed by atoms with Gasteiger partial charge < -0.3 is 15.2 Å². The van der Waals surface area contributed by atoms with E-state index in [1.165, 1.54) is 0 Å². The van der Waals surface area contributed by atoms with E-state index >= 15 is 0 Å². The quantitative estimate of drug-likeness (QED) is 0.198. The van der Waals surface area contributed by atoms with E-state index in [4.69, 9.17) is 4.74 Å². The number of amides is 1. The number of hydrogen-bond donors (Lipinski definition) is 2. The second-order valence-corrected chi connectivity index (χ2v) is 8.03. The number of aromatic hydroxyl groups is 1. The summed E-state index contributed by atoms with van der Waals surface area (Å²) in [7, 11) is 0. The average molecular weight is 494 g/mol. The van der Waals surface area contributed by atoms with Crippen molar-refractivity contribution in [3.63, 3.8) is 0 Å². The molecule has 1 heterocycles. The zero-order valence-corrected chi connectivity index (χ0v) is 18.5. The molecule has 2 aromatic rings. The van der Waals surface area contributed by atoms with Crippen LogP contribution in [0.5, 0.6) is 5.75 Å². The zero-order valence-electron chi connectivity index (χ0n) is 16.1. The number of anilines is 1. The van der Waals surface area contributed by atoms with Gasteiger partial charge in [0, 0.05) is 22.6 Å². The molecule has 0 aliphatic heterocycles. The van der Waals surface area contributed by atoms with E-state index in [1.807, 2.05) is 0 Å². The number of carbonyl (C=O) groups excluding carboxylic acids is 2. The van der Waals surface area contributed by atoms with Crippen LogP contribution >= 0.6 is 27.3 Å². The number of ether oxygens (including phenoxy) is 1. The number of thiophene rings is 1. The van der Waals surface area contributed by atoms with Crippen LogP contribution in [0.4, 0.5) is 10.7 Å². The Balaban J connectivity index is 2.45. The summed E-state index contributed by atoms with van der Waals surface area (Å²) in [6.07, 6.45) is 1.03. The first-order valence-corrected chi connectivity index (χ1v) is 10.1. The fourth-order valence-electron chi connectivity index (χ4n) is 2.46. The Bertz CT molecular complexity index is 1120. The molecule has 9 nitrogen and oxygen atoms in total. The molecule has 11 heteroatoms. The van der Waals surface area contributed by atoms with Crippen molar-refractivity contribution in [2.75, 3.05) is 11.9 Å². The van der Waals surface area contributed by atoms with Crippen molar-refractivity contribution in [1.29, 1.82) is 5.26 Å². The summed E-state index contributed by atoms with van der Waals surface area (Å²) < 4.78 is 5.06. The Morgan fingerprint density at radius 1 is 1.43 bits per heavy atom. The van der Waals surface area contributed by atoms with E-state index in [-0.39, 0.29) is 38.6 Å². The number of halogens is 1. The predicted molar refractivity (Wildman–Crippen MR) is 114 cm³/mol. The summed E-state index contributed by atoms with van der Waals surface area (Å²) in [6.45, 7) is 5.31. The molecule has 0 radical (unpaired) electrons. The minimum absolute atomic E-state index is 0.0368. The molecule has 1 aromatic carbocycles. The molecule has 0 spiro atoms. The lowest BCUT2D eigenvalue weighted by Gasteiger charge is -2.07. The number of benzene rings is 1. The van der Waals surface area contributed by atoms with Gasteiger partial charge in [-0.25, -0.2) is 4.79 Å². The number of nitriles is 1. The zero-order chi connectivity index (χ0) is 22.6. The van der Waals surface area contributed by atoms with Crippen LogP contribution in [0.25, 0.3) is 6.08 Å². The molecule has 0 saturated heterocycles. The van der Waals surface area contributed by atoms with Crippen LogP contribution in [0.1, 0.15) is 33.3 Å². The van der Waals surface area contributed by atoms with Crippen LogP contribution in [-0.2, 0) is 9.53 Å². The summed E-state index contributed by atoms with van der Waals surface area (Å²) in [6, 6.07) is 3.84. The summed E-state index contributed by atoms with van der Waals surface area (Å²) in [5.41, 5.74) is 0.00305. The van der Waals surface area contributed by atoms with Gasteiger partial charge in [0.25, 0.3) is 11.6 Å². The molecular weight excluding hydrogens is 478 g/mol. The lowest BCUT2D eigenvalue weighted by molar-refractivity contribution is -0.385. The fourth-order valence-corrected chi connectivity index (χ4v) is 3.97. The Kier molecular flexibility index (Phi) is 7.31. The highest BCUT2D eigenvalue weighted by Gasteiger charge is 2.23. The highest BCUT2D eigenvalue weighted by atomic mass is 79.9. The van der Waals surface area contributed by atoms with Gasteiger partial charge in [0.05, 0.1) is 21.6 Å². The molecule has 156 valence electrons. The Morgan fingerprint density at radius 3 is 2.67 bits per heavy atom. The number of phenols is 1. The summed E-state index contributed by atoms with van der Waals surface area (Å²) in [5.74, 6) is -1.81. The number of esters is 1. The molecule has 2 N–H and O–H groups in total. The number of nitro benzene ring substituents is 1. The number of non-ortho nitro benzene ring substituents is 1. The van der Waals surface area contributed by atoms with Gasteiger partial charge in [-0.2, -0.15) is 5.26 Å². The number of aryl methyl sites for hydroxylation is 1. The van der Waals surface area contributed by atoms with Crippen molar-refractivity contribution in [2.45, 2.75) is 20.8 Å². The molecule has 0 aliphatic rings. The SMILES string of the molecule is CCOC(=O)c1c(NC(=O)/C(C#N)=C/c2cc([N+](=O)[O-])cc(Br)c2O)sc(C)c1C. The van der Waals surface area contributed by atoms with E-state index in [0.717, 1.165) is 34.4 Å². The minimum Gasteiger partial charge on any atom is -0.506 e. The second-order valence-electron chi connectivity index (χ2n) is 5.95. The smallest absolute Gasteiger partial charge is 0.341 e. The number of carbonyl (C=O) groups is 2. The fraction of sp³-hybridized carbons (Fsp3) is 0.211. The molecule has 0 saturated carbocycles. The average Bonchev–Trinajstić information content (AvgIpc) is 2.96. The Hall–Kier alpha value is -3.23. The van der Waals surface area contributed by atoms with Crippen molar-refractivity contribution < 1.29 is 24.4 Å². The van der Waals surface area contributed by atoms with Crippen molar-refractivity contribution in [1.82, 2.24) is 0 Å². The summed E-state index contributed by atoms with van der Waals surface area (Å²) in [5, 5.41) is 33.3. The lowest BCUT2D eigenvalue weighted by atomic mass is 10.1. The highest BCUT2D eigenvalue weighted by Crippen LogP contribution is 2.35. The van der Waals surface area contributed by atoms with Crippen LogP contribution in [0.2, 0.25) is 0 Å². The van der Waals surface area contributed by atoms with Gasteiger partial charge in [-0.05, 0) is 48.3 Å². The number of nitrogens with zero attached hydrogens (tertiary/aromatic N) is 2. The third-order valence-corrected chi connectivity index (χ3v) is 5.77. The number of hydrogen-bond acceptors (Lipinski definition) is 8. The van der Waals surface area contributed by atoms with Crippen LogP contribution in [-0.4, -0.2) is 28.5 Å². The third kappa shape index (κ3) is 4.84. The number of nitro groups is 1. The van der Waals surface area contributed by atoms with E-state index in [0.29, 0.717) is 5.56 Å². The highest BCUT2D eigenvalue weighted by molar-refractivity contribution is 9.10. The van der Waals surface area contributed by atoms with Crippen LogP contribution < -0.4 is 5.32 Å². The van der Waals surface area contributed by atoms with Gasteiger partial charge in [0.1, 0.15) is 22.4 Å². The van der Waals surface area contributed by atoms with Crippen LogP contribution in [0.3, 0.4) is 0 Å². The first kappa shape index (κ1) is 23.1. The van der Waals surface area contributed by atoms with Gasteiger partial charge in [0.2, 0.25) is 0 Å². The molecule has 0 fully saturated rings. The maximum absolute atomic E-state index is 12.6. The number of rotatable bonds is 6. The number of phenolic OH excluding ortho intramolecular Hbond substituents is 1. The van der Waals surface area contributed by atoms with E-state index in [2.05, 4.69) is 21.2 Å². The molecular formula is C19H16BrN3O6S. The maximum atomic E-state index is 12.6. The molecule has 0 aliphatic carbocycles. The first-order valence-electron chi connectivity index (χ1n) is 8.47. The molecule has 1 aromatic heterocycles. The molecule has 2 rings (SSSR count). The third-order valence-electron chi connectivity index (χ3n) is 4.05. The summed E-state index contributed by atoms with van der Waals surface area (Å²) in [4.78, 5) is 36.0. The molecule has 0 bridgehead atoms. The monoisotopic (exact) mass is 493 g/mol. The Morgan fingerprint density at radius 2 is 2.10 bits per heavy atom. The topological polar surface area (TPSA) is 143 Å². The van der Waals surface area contributed by atoms with Crippen molar-refractivity contribution in [3.8, 4) is 11.8 Å². The van der Waals surface area contributed by atoms with E-state index in [9.17, 15) is 30.1 Å². The van der Waals surface area contributed by atoms with Crippen LogP contribution in [0.15, 0.2) is 22.2 Å². The van der Waals surface area contributed by atoms with Crippen molar-refractivity contribution >= 4 is 55.9 Å². The normalized spacial score (nSPS) is 11.0.